The minimum absolute atomic E-state index is 0.0781. The van der Waals surface area contributed by atoms with E-state index in [1.54, 1.807) is 0 Å². The smallest absolute Gasteiger partial charge is 0.335 e. The molecule has 1 aliphatic rings. The molecule has 1 aromatic rings. The third-order valence-electron chi connectivity index (χ3n) is 2.39. The summed E-state index contributed by atoms with van der Waals surface area (Å²) in [6.07, 6.45) is -1.46. The van der Waals surface area contributed by atoms with Gasteiger partial charge < -0.3 is 19.3 Å². The maximum Gasteiger partial charge on any atom is 0.335 e. The average molecular weight is 238 g/mol. The fourth-order valence-corrected chi connectivity index (χ4v) is 1.52. The summed E-state index contributed by atoms with van der Waals surface area (Å²) in [6.45, 7) is 0.773. The van der Waals surface area contributed by atoms with E-state index in [4.69, 9.17) is 19.3 Å². The van der Waals surface area contributed by atoms with Gasteiger partial charge in [0.2, 0.25) is 0 Å². The van der Waals surface area contributed by atoms with Crippen LogP contribution in [0.3, 0.4) is 0 Å². The van der Waals surface area contributed by atoms with Crippen molar-refractivity contribution in [3.8, 4) is 0 Å². The van der Waals surface area contributed by atoms with Crippen LogP contribution in [0.5, 0.6) is 0 Å². The van der Waals surface area contributed by atoms with Crippen LogP contribution in [-0.2, 0) is 25.6 Å². The molecule has 0 aromatic heterocycles. The molecule has 2 rings (SSSR count). The molecule has 1 aliphatic heterocycles. The fraction of sp³-hybridized carbons (Fsp3) is 0.417. The summed E-state index contributed by atoms with van der Waals surface area (Å²) < 4.78 is 15.6. The number of hydrogen-bond donors (Lipinski definition) is 1. The third kappa shape index (κ3) is 3.52. The monoisotopic (exact) mass is 238 g/mol. The van der Waals surface area contributed by atoms with Crippen molar-refractivity contribution in [3.05, 3.63) is 35.9 Å². The first-order valence-electron chi connectivity index (χ1n) is 5.37. The maximum atomic E-state index is 10.6. The lowest BCUT2D eigenvalue weighted by molar-refractivity contribution is -0.154. The molecule has 0 spiro atoms. The summed E-state index contributed by atoms with van der Waals surface area (Å²) in [7, 11) is 0. The lowest BCUT2D eigenvalue weighted by Crippen LogP contribution is -2.24. The van der Waals surface area contributed by atoms with E-state index in [1.807, 2.05) is 30.3 Å². The second-order valence-corrected chi connectivity index (χ2v) is 3.73. The Labute approximate surface area is 98.9 Å². The molecule has 92 valence electrons. The molecule has 1 unspecified atom stereocenters. The highest BCUT2D eigenvalue weighted by atomic mass is 16.7. The van der Waals surface area contributed by atoms with E-state index in [2.05, 4.69) is 0 Å². The molecule has 1 N–H and O–H groups in total. The highest BCUT2D eigenvalue weighted by molar-refractivity contribution is 5.72. The molecule has 5 nitrogen and oxygen atoms in total. The van der Waals surface area contributed by atoms with Crippen molar-refractivity contribution in [1.82, 2.24) is 0 Å². The first kappa shape index (κ1) is 12.0. The summed E-state index contributed by atoms with van der Waals surface area (Å²) in [6, 6.07) is 9.71. The molecule has 0 radical (unpaired) electrons. The van der Waals surface area contributed by atoms with Gasteiger partial charge in [-0.3, -0.25) is 0 Å². The molecule has 1 saturated heterocycles. The van der Waals surface area contributed by atoms with Crippen molar-refractivity contribution in [1.29, 1.82) is 0 Å². The Morgan fingerprint density at radius 3 is 2.82 bits per heavy atom. The Balaban J connectivity index is 1.68. The molecule has 17 heavy (non-hydrogen) atoms. The zero-order valence-electron chi connectivity index (χ0n) is 9.24. The van der Waals surface area contributed by atoms with Gasteiger partial charge in [-0.05, 0) is 5.56 Å². The van der Waals surface area contributed by atoms with Gasteiger partial charge in [0.25, 0.3) is 0 Å². The highest BCUT2D eigenvalue weighted by Crippen LogP contribution is 2.12. The lowest BCUT2D eigenvalue weighted by Gasteiger charge is -2.10. The topological polar surface area (TPSA) is 65.0 Å². The normalized spacial score (nSPS) is 23.8. The van der Waals surface area contributed by atoms with E-state index >= 15 is 0 Å². The molecule has 1 fully saturated rings. The molecule has 0 amide bonds. The first-order chi connectivity index (χ1) is 8.25. The van der Waals surface area contributed by atoms with Gasteiger partial charge >= 0.3 is 5.97 Å². The summed E-state index contributed by atoms with van der Waals surface area (Å²) in [4.78, 5) is 10.6. The zero-order valence-corrected chi connectivity index (χ0v) is 9.24. The maximum absolute atomic E-state index is 10.6. The van der Waals surface area contributed by atoms with Gasteiger partial charge in [-0.15, -0.1) is 0 Å². The summed E-state index contributed by atoms with van der Waals surface area (Å²) in [5.74, 6) is -1.00. The Bertz CT molecular complexity index is 364. The first-order valence-corrected chi connectivity index (χ1v) is 5.37. The van der Waals surface area contributed by atoms with E-state index in [1.165, 1.54) is 0 Å². The predicted octanol–water partition coefficient (Wildman–Crippen LogP) is 1.03. The van der Waals surface area contributed by atoms with Crippen LogP contribution in [-0.4, -0.2) is 36.7 Å². The standard InChI is InChI=1S/C12H14O5/c13-12(14)10-7-16-11(17-10)8-15-6-9-4-2-1-3-5-9/h1-5,10-11H,6-8H2,(H,13,14)/t10-,11?/m1/s1. The van der Waals surface area contributed by atoms with E-state index in [9.17, 15) is 4.79 Å². The van der Waals surface area contributed by atoms with Crippen LogP contribution < -0.4 is 0 Å². The minimum Gasteiger partial charge on any atom is -0.479 e. The largest absolute Gasteiger partial charge is 0.479 e. The van der Waals surface area contributed by atoms with Gasteiger partial charge in [0.15, 0.2) is 12.4 Å². The number of carboxylic acid groups (broad SMARTS) is 1. The Kier molecular flexibility index (Phi) is 4.08. The van der Waals surface area contributed by atoms with Crippen molar-refractivity contribution < 1.29 is 24.1 Å². The van der Waals surface area contributed by atoms with Gasteiger partial charge in [0.05, 0.1) is 19.8 Å². The van der Waals surface area contributed by atoms with Gasteiger partial charge in [-0.25, -0.2) is 4.79 Å². The molecular weight excluding hydrogens is 224 g/mol. The predicted molar refractivity (Wildman–Crippen MR) is 58.3 cm³/mol. The Hall–Kier alpha value is -1.43. The molecule has 1 heterocycles. The summed E-state index contributed by atoms with van der Waals surface area (Å²) in [5, 5.41) is 8.69. The number of carbonyl (C=O) groups is 1. The number of hydrogen-bond acceptors (Lipinski definition) is 4. The summed E-state index contributed by atoms with van der Waals surface area (Å²) in [5.41, 5.74) is 1.06. The van der Waals surface area contributed by atoms with Crippen LogP contribution >= 0.6 is 0 Å². The van der Waals surface area contributed by atoms with Gasteiger partial charge in [-0.2, -0.15) is 0 Å². The van der Waals surface area contributed by atoms with Crippen LogP contribution in [0, 0.1) is 0 Å². The number of benzene rings is 1. The second-order valence-electron chi connectivity index (χ2n) is 3.73. The molecule has 5 heteroatoms. The van der Waals surface area contributed by atoms with Gasteiger partial charge in [-0.1, -0.05) is 30.3 Å². The van der Waals surface area contributed by atoms with Crippen LogP contribution in [0.1, 0.15) is 5.56 Å². The SMILES string of the molecule is O=C(O)[C@H]1COC(COCc2ccccc2)O1. The molecule has 1 aromatic carbocycles. The molecule has 2 atom stereocenters. The average Bonchev–Trinajstić information content (AvgIpc) is 2.79. The van der Waals surface area contributed by atoms with Crippen molar-refractivity contribution in [3.63, 3.8) is 0 Å². The quantitative estimate of drug-likeness (QED) is 0.830. The molecular formula is C12H14O5. The number of rotatable bonds is 5. The summed E-state index contributed by atoms with van der Waals surface area (Å²) >= 11 is 0. The van der Waals surface area contributed by atoms with Crippen molar-refractivity contribution in [2.75, 3.05) is 13.2 Å². The van der Waals surface area contributed by atoms with Crippen LogP contribution in [0.25, 0.3) is 0 Å². The molecule has 0 bridgehead atoms. The molecule has 0 aliphatic carbocycles. The van der Waals surface area contributed by atoms with E-state index < -0.39 is 18.4 Å². The Morgan fingerprint density at radius 1 is 1.41 bits per heavy atom. The minimum atomic E-state index is -1.00. The Morgan fingerprint density at radius 2 is 2.18 bits per heavy atom. The van der Waals surface area contributed by atoms with Crippen LogP contribution in [0.4, 0.5) is 0 Å². The van der Waals surface area contributed by atoms with E-state index in [-0.39, 0.29) is 13.2 Å². The fourth-order valence-electron chi connectivity index (χ4n) is 1.52. The lowest BCUT2D eigenvalue weighted by atomic mass is 10.2. The zero-order chi connectivity index (χ0) is 12.1. The van der Waals surface area contributed by atoms with E-state index in [0.717, 1.165) is 5.56 Å². The highest BCUT2D eigenvalue weighted by Gasteiger charge is 2.31. The van der Waals surface area contributed by atoms with Crippen molar-refractivity contribution in [2.24, 2.45) is 0 Å². The van der Waals surface area contributed by atoms with Gasteiger partial charge in [0, 0.05) is 0 Å². The van der Waals surface area contributed by atoms with Crippen LogP contribution in [0.15, 0.2) is 30.3 Å². The number of ether oxygens (including phenoxy) is 3. The van der Waals surface area contributed by atoms with E-state index in [0.29, 0.717) is 6.61 Å². The van der Waals surface area contributed by atoms with Crippen molar-refractivity contribution in [2.45, 2.75) is 19.0 Å². The van der Waals surface area contributed by atoms with Crippen LogP contribution in [0.2, 0.25) is 0 Å². The number of aliphatic carboxylic acids is 1. The van der Waals surface area contributed by atoms with Gasteiger partial charge in [0.1, 0.15) is 0 Å². The number of carboxylic acids is 1. The second kappa shape index (κ2) is 5.77. The third-order valence-corrected chi connectivity index (χ3v) is 2.39. The molecule has 0 saturated carbocycles. The van der Waals surface area contributed by atoms with Crippen molar-refractivity contribution >= 4 is 5.97 Å².